The lowest BCUT2D eigenvalue weighted by atomic mass is 9.85. The average Bonchev–Trinajstić information content (AvgIpc) is 3.05. The zero-order valence-electron chi connectivity index (χ0n) is 28.3. The number of likely N-dealkylation sites (N-methyl/N-ethyl adjacent to an activating group) is 1. The van der Waals surface area contributed by atoms with Crippen LogP contribution in [0.1, 0.15) is 31.9 Å². The van der Waals surface area contributed by atoms with Crippen molar-refractivity contribution in [2.24, 2.45) is 0 Å². The molecule has 48 heavy (non-hydrogen) atoms. The van der Waals surface area contributed by atoms with Crippen molar-refractivity contribution >= 4 is 45.6 Å². The minimum Gasteiger partial charge on any atom is -0.497 e. The average molecular weight is 648 g/mol. The van der Waals surface area contributed by atoms with E-state index in [2.05, 4.69) is 41.7 Å². The number of fused-ring (bicyclic) bond motifs is 1. The summed E-state index contributed by atoms with van der Waals surface area (Å²) >= 11 is 0. The Morgan fingerprint density at radius 1 is 0.792 bits per heavy atom. The highest BCUT2D eigenvalue weighted by atomic mass is 16.5. The van der Waals surface area contributed by atoms with E-state index in [9.17, 15) is 9.59 Å². The predicted octanol–water partition coefficient (Wildman–Crippen LogP) is 8.36. The molecule has 248 valence electrons. The maximum atomic E-state index is 13.5. The van der Waals surface area contributed by atoms with Gasteiger partial charge in [0.05, 0.1) is 32.0 Å². The normalized spacial score (nSPS) is 11.1. The van der Waals surface area contributed by atoms with E-state index in [1.807, 2.05) is 72.8 Å². The van der Waals surface area contributed by atoms with Crippen molar-refractivity contribution in [2.75, 3.05) is 44.3 Å². The maximum Gasteiger partial charge on any atom is 0.323 e. The van der Waals surface area contributed by atoms with E-state index < -0.39 is 6.03 Å². The predicted molar refractivity (Wildman–Crippen MR) is 191 cm³/mol. The lowest BCUT2D eigenvalue weighted by Gasteiger charge is -2.24. The molecule has 0 radical (unpaired) electrons. The van der Waals surface area contributed by atoms with Crippen LogP contribution in [-0.4, -0.2) is 50.1 Å². The molecule has 10 heteroatoms. The third kappa shape index (κ3) is 7.95. The third-order valence-electron chi connectivity index (χ3n) is 7.76. The molecule has 0 aliphatic rings. The first kappa shape index (κ1) is 33.6. The molecule has 4 aromatic carbocycles. The summed E-state index contributed by atoms with van der Waals surface area (Å²) in [7, 11) is 6.58. The summed E-state index contributed by atoms with van der Waals surface area (Å²) in [4.78, 5) is 32.1. The molecular weight excluding hydrogens is 606 g/mol. The van der Waals surface area contributed by atoms with Crippen molar-refractivity contribution < 1.29 is 23.8 Å². The molecule has 3 amide bonds. The molecular formula is C38H41N5O5. The maximum absolute atomic E-state index is 13.5. The lowest BCUT2D eigenvalue weighted by Crippen LogP contribution is -2.25. The number of urea groups is 1. The second-order valence-corrected chi connectivity index (χ2v) is 12.5. The first-order valence-electron chi connectivity index (χ1n) is 15.5. The van der Waals surface area contributed by atoms with Crippen LogP contribution in [0.3, 0.4) is 0 Å². The number of rotatable bonds is 10. The third-order valence-corrected chi connectivity index (χ3v) is 7.76. The van der Waals surface area contributed by atoms with Crippen LogP contribution in [0.5, 0.6) is 23.0 Å². The van der Waals surface area contributed by atoms with E-state index in [4.69, 9.17) is 14.2 Å². The molecule has 0 saturated heterocycles. The molecule has 0 bridgehead atoms. The molecule has 0 fully saturated rings. The second kappa shape index (κ2) is 14.3. The van der Waals surface area contributed by atoms with Crippen molar-refractivity contribution in [3.8, 4) is 23.0 Å². The van der Waals surface area contributed by atoms with E-state index in [0.29, 0.717) is 40.0 Å². The minimum absolute atomic E-state index is 0.0698. The Bertz CT molecular complexity index is 1950. The molecule has 0 aliphatic heterocycles. The number of pyridine rings is 1. The fourth-order valence-electron chi connectivity index (χ4n) is 5.17. The highest BCUT2D eigenvalue weighted by molar-refractivity contribution is 6.08. The molecule has 0 aliphatic carbocycles. The molecule has 10 nitrogen and oxygen atoms in total. The SMILES string of the molecule is COc1cccc(Nc2cc(Oc3ccc(NC(=O)Nc4cc(C(C)(C)C)cc(CC(=O)N(C)C)c4OC)c4ccccc34)ccn2)c1. The first-order valence-corrected chi connectivity index (χ1v) is 15.5. The molecule has 0 atom stereocenters. The largest absolute Gasteiger partial charge is 0.497 e. The fraction of sp³-hybridized carbons (Fsp3) is 0.237. The van der Waals surface area contributed by atoms with Gasteiger partial charge in [0.25, 0.3) is 0 Å². The van der Waals surface area contributed by atoms with Gasteiger partial charge < -0.3 is 35.1 Å². The number of aromatic nitrogens is 1. The molecule has 3 N–H and O–H groups in total. The Hall–Kier alpha value is -5.77. The van der Waals surface area contributed by atoms with E-state index in [1.165, 1.54) is 12.0 Å². The van der Waals surface area contributed by atoms with Gasteiger partial charge in [0.1, 0.15) is 28.8 Å². The van der Waals surface area contributed by atoms with Gasteiger partial charge in [0, 0.05) is 54.4 Å². The van der Waals surface area contributed by atoms with Crippen LogP contribution < -0.4 is 30.2 Å². The number of anilines is 4. The van der Waals surface area contributed by atoms with Crippen molar-refractivity contribution in [1.82, 2.24) is 9.88 Å². The lowest BCUT2D eigenvalue weighted by molar-refractivity contribution is -0.127. The van der Waals surface area contributed by atoms with E-state index in [1.54, 1.807) is 39.5 Å². The van der Waals surface area contributed by atoms with Gasteiger partial charge in [-0.05, 0) is 47.4 Å². The number of ether oxygens (including phenoxy) is 3. The van der Waals surface area contributed by atoms with Crippen LogP contribution in [0, 0.1) is 0 Å². The number of nitrogens with zero attached hydrogens (tertiary/aromatic N) is 2. The van der Waals surface area contributed by atoms with Crippen LogP contribution in [0.25, 0.3) is 10.8 Å². The summed E-state index contributed by atoms with van der Waals surface area (Å²) in [5.74, 6) is 2.93. The van der Waals surface area contributed by atoms with Crippen molar-refractivity contribution in [1.29, 1.82) is 0 Å². The minimum atomic E-state index is -0.453. The number of benzene rings is 4. The number of methoxy groups -OCH3 is 2. The van der Waals surface area contributed by atoms with Crippen LogP contribution in [0.4, 0.5) is 27.7 Å². The van der Waals surface area contributed by atoms with Gasteiger partial charge in [-0.25, -0.2) is 9.78 Å². The van der Waals surface area contributed by atoms with Gasteiger partial charge in [-0.15, -0.1) is 0 Å². The summed E-state index contributed by atoms with van der Waals surface area (Å²) < 4.78 is 17.4. The van der Waals surface area contributed by atoms with Gasteiger partial charge in [0.2, 0.25) is 5.91 Å². The zero-order valence-corrected chi connectivity index (χ0v) is 28.3. The topological polar surface area (TPSA) is 114 Å². The number of hydrogen-bond acceptors (Lipinski definition) is 7. The monoisotopic (exact) mass is 647 g/mol. The molecule has 0 unspecified atom stereocenters. The Balaban J connectivity index is 1.39. The Kier molecular flexibility index (Phi) is 10.0. The summed E-state index contributed by atoms with van der Waals surface area (Å²) in [5, 5.41) is 10.8. The van der Waals surface area contributed by atoms with Crippen LogP contribution in [0.15, 0.2) is 91.1 Å². The fourth-order valence-corrected chi connectivity index (χ4v) is 5.17. The van der Waals surface area contributed by atoms with Crippen LogP contribution in [0.2, 0.25) is 0 Å². The molecule has 5 aromatic rings. The Morgan fingerprint density at radius 2 is 1.54 bits per heavy atom. The zero-order chi connectivity index (χ0) is 34.4. The van der Waals surface area contributed by atoms with E-state index in [-0.39, 0.29) is 17.7 Å². The van der Waals surface area contributed by atoms with Gasteiger partial charge >= 0.3 is 6.03 Å². The van der Waals surface area contributed by atoms with E-state index in [0.717, 1.165) is 27.8 Å². The van der Waals surface area contributed by atoms with Crippen LogP contribution >= 0.6 is 0 Å². The van der Waals surface area contributed by atoms with Crippen LogP contribution in [-0.2, 0) is 16.6 Å². The first-order chi connectivity index (χ1) is 22.9. The van der Waals surface area contributed by atoms with Gasteiger partial charge in [-0.2, -0.15) is 0 Å². The van der Waals surface area contributed by atoms with Crippen molar-refractivity contribution in [2.45, 2.75) is 32.6 Å². The summed E-state index contributed by atoms with van der Waals surface area (Å²) in [6.45, 7) is 6.24. The summed E-state index contributed by atoms with van der Waals surface area (Å²) in [6, 6.07) is 25.9. The highest BCUT2D eigenvalue weighted by Gasteiger charge is 2.23. The Labute approximate surface area is 281 Å². The number of hydrogen-bond donors (Lipinski definition) is 3. The standard InChI is InChI=1S/C38H41N5O5/c1-38(2,3)25-19-24(20-35(44)43(4)5)36(47-7)32(21-25)42-37(45)41-31-15-16-33(30-14-9-8-13-29(30)31)48-28-17-18-39-34(23-28)40-26-11-10-12-27(22-26)46-6/h8-19,21-23H,20H2,1-7H3,(H,39,40)(H2,41,42,45). The van der Waals surface area contributed by atoms with Gasteiger partial charge in [-0.3, -0.25) is 4.79 Å². The molecule has 1 aromatic heterocycles. The molecule has 5 rings (SSSR count). The summed E-state index contributed by atoms with van der Waals surface area (Å²) in [5.41, 5.74) is 3.33. The smallest absolute Gasteiger partial charge is 0.323 e. The number of nitrogens with one attached hydrogen (secondary N) is 3. The summed E-state index contributed by atoms with van der Waals surface area (Å²) in [6.07, 6.45) is 1.81. The molecule has 1 heterocycles. The number of amides is 3. The van der Waals surface area contributed by atoms with Crippen molar-refractivity contribution in [3.63, 3.8) is 0 Å². The Morgan fingerprint density at radius 3 is 2.25 bits per heavy atom. The van der Waals surface area contributed by atoms with Gasteiger partial charge in [0.15, 0.2) is 0 Å². The van der Waals surface area contributed by atoms with E-state index >= 15 is 0 Å². The van der Waals surface area contributed by atoms with Gasteiger partial charge in [-0.1, -0.05) is 57.2 Å². The van der Waals surface area contributed by atoms with Crippen molar-refractivity contribution in [3.05, 3.63) is 102 Å². The quantitative estimate of drug-likeness (QED) is 0.140. The highest BCUT2D eigenvalue weighted by Crippen LogP contribution is 2.38. The molecule has 0 spiro atoms. The molecule has 0 saturated carbocycles. The number of carbonyl (C=O) groups excluding carboxylic acids is 2. The second-order valence-electron chi connectivity index (χ2n) is 12.5. The number of carbonyl (C=O) groups is 2.